The topological polar surface area (TPSA) is 72.9 Å². The van der Waals surface area contributed by atoms with Crippen LogP contribution in [0.25, 0.3) is 84.1 Å². The Labute approximate surface area is 370 Å². The van der Waals surface area contributed by atoms with Gasteiger partial charge < -0.3 is 5.32 Å². The molecule has 12 rings (SSSR count). The molecule has 0 spiro atoms. The average Bonchev–Trinajstić information content (AvgIpc) is 3.93. The zero-order valence-corrected chi connectivity index (χ0v) is 34.6. The molecule has 0 saturated carbocycles. The van der Waals surface area contributed by atoms with E-state index < -0.39 is 0 Å². The first-order valence-electron chi connectivity index (χ1n) is 21.5. The van der Waals surface area contributed by atoms with Crippen molar-refractivity contribution in [3.63, 3.8) is 0 Å². The lowest BCUT2D eigenvalue weighted by molar-refractivity contribution is 0.781. The number of aromatic nitrogens is 5. The van der Waals surface area contributed by atoms with Crippen molar-refractivity contribution in [3.05, 3.63) is 241 Å². The van der Waals surface area contributed by atoms with Gasteiger partial charge in [0, 0.05) is 33.2 Å². The monoisotopic (exact) mass is 821 g/mol. The number of benzene rings is 8. The van der Waals surface area contributed by atoms with Crippen LogP contribution in [0.15, 0.2) is 229 Å². The number of nitrogens with zero attached hydrogens (tertiary/aromatic N) is 6. The summed E-state index contributed by atoms with van der Waals surface area (Å²) in [6.45, 7) is 0. The Bertz CT molecular complexity index is 3480. The highest BCUT2D eigenvalue weighted by Gasteiger charge is 2.25. The lowest BCUT2D eigenvalue weighted by atomic mass is 9.97. The van der Waals surface area contributed by atoms with Crippen molar-refractivity contribution in [2.24, 2.45) is 4.99 Å². The van der Waals surface area contributed by atoms with Gasteiger partial charge >= 0.3 is 0 Å². The van der Waals surface area contributed by atoms with Gasteiger partial charge in [-0.2, -0.15) is 4.98 Å². The van der Waals surface area contributed by atoms with Crippen LogP contribution in [0.4, 0.5) is 0 Å². The number of nitrogens with one attached hydrogen (secondary N) is 1. The molecule has 0 bridgehead atoms. The fraction of sp³-hybridized carbons (Fsp3) is 0.0175. The summed E-state index contributed by atoms with van der Waals surface area (Å²) in [7, 11) is 0. The van der Waals surface area contributed by atoms with Crippen LogP contribution in [0.2, 0.25) is 0 Å². The summed E-state index contributed by atoms with van der Waals surface area (Å²) in [4.78, 5) is 21.4. The Balaban J connectivity index is 1.01. The minimum absolute atomic E-state index is 0.0896. The van der Waals surface area contributed by atoms with Gasteiger partial charge in [0.05, 0.1) is 22.8 Å². The lowest BCUT2D eigenvalue weighted by Crippen LogP contribution is -2.31. The Kier molecular flexibility index (Phi) is 9.08. The summed E-state index contributed by atoms with van der Waals surface area (Å²) in [6.07, 6.45) is 2.22. The van der Waals surface area contributed by atoms with Gasteiger partial charge in [-0.1, -0.05) is 194 Å². The van der Waals surface area contributed by atoms with E-state index in [1.807, 2.05) is 48.5 Å². The molecule has 64 heavy (non-hydrogen) atoms. The number of amidine groups is 1. The van der Waals surface area contributed by atoms with Gasteiger partial charge in [0.25, 0.3) is 0 Å². The molecule has 7 heteroatoms. The molecule has 1 unspecified atom stereocenters. The molecule has 4 heterocycles. The zero-order valence-electron chi connectivity index (χ0n) is 34.6. The van der Waals surface area contributed by atoms with Crippen LogP contribution in [-0.2, 0) is 0 Å². The molecular formula is C57H39N7. The van der Waals surface area contributed by atoms with Crippen molar-refractivity contribution < 1.29 is 0 Å². The third-order valence-corrected chi connectivity index (χ3v) is 12.0. The molecule has 8 aromatic carbocycles. The van der Waals surface area contributed by atoms with E-state index in [1.165, 1.54) is 11.1 Å². The van der Waals surface area contributed by atoms with Gasteiger partial charge in [0.2, 0.25) is 5.95 Å². The molecular weight excluding hydrogens is 783 g/mol. The van der Waals surface area contributed by atoms with Crippen molar-refractivity contribution >= 4 is 44.5 Å². The van der Waals surface area contributed by atoms with Crippen LogP contribution in [0, 0.1) is 0 Å². The molecule has 1 N–H and O–H groups in total. The molecule has 3 aromatic heterocycles. The minimum Gasteiger partial charge on any atom is -0.359 e. The van der Waals surface area contributed by atoms with Gasteiger partial charge in [-0.25, -0.2) is 15.0 Å². The summed E-state index contributed by atoms with van der Waals surface area (Å²) in [5, 5.41) is 6.02. The van der Waals surface area contributed by atoms with Gasteiger partial charge in [-0.15, -0.1) is 0 Å². The maximum Gasteiger partial charge on any atom is 0.237 e. The van der Waals surface area contributed by atoms with Crippen molar-refractivity contribution in [2.45, 2.75) is 6.04 Å². The van der Waals surface area contributed by atoms with Crippen LogP contribution in [0.3, 0.4) is 0 Å². The van der Waals surface area contributed by atoms with Crippen molar-refractivity contribution in [1.29, 1.82) is 0 Å². The van der Waals surface area contributed by atoms with E-state index in [1.54, 1.807) is 0 Å². The van der Waals surface area contributed by atoms with E-state index in [4.69, 9.17) is 19.9 Å². The first-order valence-corrected chi connectivity index (χ1v) is 21.5. The first-order chi connectivity index (χ1) is 31.7. The third-order valence-electron chi connectivity index (χ3n) is 12.0. The molecule has 0 amide bonds. The normalized spacial score (nSPS) is 13.8. The van der Waals surface area contributed by atoms with Gasteiger partial charge in [-0.05, 0) is 52.6 Å². The SMILES string of the molecule is C1=C(c2ccc(-c3nc4c(-c5ccccc5)nc(-n5c6ccccc6c6ccccc65)nc4n3-c3ccccc3)cc2)N=C(c2ccccc2)NC1c1ccc(-c2ccccc2)cc1. The molecule has 1 aliphatic rings. The lowest BCUT2D eigenvalue weighted by Gasteiger charge is -2.24. The van der Waals surface area contributed by atoms with Crippen molar-refractivity contribution in [3.8, 4) is 45.4 Å². The number of imidazole rings is 1. The molecule has 0 saturated heterocycles. The summed E-state index contributed by atoms with van der Waals surface area (Å²) >= 11 is 0. The summed E-state index contributed by atoms with van der Waals surface area (Å²) in [5.74, 6) is 2.18. The third kappa shape index (κ3) is 6.55. The molecule has 302 valence electrons. The quantitative estimate of drug-likeness (QED) is 0.166. The number of fused-ring (bicyclic) bond motifs is 4. The predicted octanol–water partition coefficient (Wildman–Crippen LogP) is 13.0. The number of aliphatic imine (C=N–C) groups is 1. The van der Waals surface area contributed by atoms with E-state index in [2.05, 4.69) is 190 Å². The van der Waals surface area contributed by atoms with E-state index >= 15 is 0 Å². The Morgan fingerprint density at radius 2 is 0.922 bits per heavy atom. The molecule has 0 radical (unpaired) electrons. The molecule has 1 aliphatic heterocycles. The minimum atomic E-state index is -0.0896. The number of hydrogen-bond acceptors (Lipinski definition) is 5. The molecule has 7 nitrogen and oxygen atoms in total. The molecule has 1 atom stereocenters. The highest BCUT2D eigenvalue weighted by Crippen LogP contribution is 2.37. The molecule has 0 fully saturated rings. The second-order valence-corrected chi connectivity index (χ2v) is 16.0. The van der Waals surface area contributed by atoms with E-state index in [-0.39, 0.29) is 6.04 Å². The molecule has 0 aliphatic carbocycles. The fourth-order valence-electron chi connectivity index (χ4n) is 8.92. The Morgan fingerprint density at radius 3 is 1.56 bits per heavy atom. The average molecular weight is 822 g/mol. The summed E-state index contributed by atoms with van der Waals surface area (Å²) in [6, 6.07) is 75.7. The van der Waals surface area contributed by atoms with Crippen LogP contribution in [-0.4, -0.2) is 29.9 Å². The number of hydrogen-bond donors (Lipinski definition) is 1. The van der Waals surface area contributed by atoms with E-state index in [9.17, 15) is 0 Å². The zero-order chi connectivity index (χ0) is 42.4. The van der Waals surface area contributed by atoms with E-state index in [0.29, 0.717) is 5.95 Å². The Hall–Kier alpha value is -8.68. The summed E-state index contributed by atoms with van der Waals surface area (Å²) in [5.41, 5.74) is 13.6. The van der Waals surface area contributed by atoms with Gasteiger partial charge in [0.1, 0.15) is 22.9 Å². The maximum absolute atomic E-state index is 5.43. The van der Waals surface area contributed by atoms with Crippen LogP contribution >= 0.6 is 0 Å². The van der Waals surface area contributed by atoms with Gasteiger partial charge in [0.15, 0.2) is 5.65 Å². The van der Waals surface area contributed by atoms with Crippen LogP contribution < -0.4 is 5.32 Å². The van der Waals surface area contributed by atoms with Gasteiger partial charge in [-0.3, -0.25) is 9.13 Å². The van der Waals surface area contributed by atoms with Crippen LogP contribution in [0.5, 0.6) is 0 Å². The number of rotatable bonds is 8. The fourth-order valence-corrected chi connectivity index (χ4v) is 8.92. The Morgan fingerprint density at radius 1 is 0.406 bits per heavy atom. The second-order valence-electron chi connectivity index (χ2n) is 16.0. The number of para-hydroxylation sites is 3. The standard InChI is InChI=1S/C57H39N7/c1-5-17-38(18-6-1)39-29-31-40(32-30-39)48-37-49(59-54(58-48)43-21-9-3-10-22-43)41-33-35-44(36-34-41)55-60-53-52(42-19-7-2-8-20-42)61-57(62-56(53)63(55)45-23-11-4-12-24-45)64-50-27-15-13-25-46(50)47-26-14-16-28-51(47)64/h1-37,48H,(H,58,59). The largest absolute Gasteiger partial charge is 0.359 e. The maximum atomic E-state index is 5.43. The van der Waals surface area contributed by atoms with Crippen molar-refractivity contribution in [1.82, 2.24) is 29.4 Å². The van der Waals surface area contributed by atoms with Crippen molar-refractivity contribution in [2.75, 3.05) is 0 Å². The smallest absolute Gasteiger partial charge is 0.237 e. The highest BCUT2D eigenvalue weighted by atomic mass is 15.2. The second kappa shape index (κ2) is 15.7. The summed E-state index contributed by atoms with van der Waals surface area (Å²) < 4.78 is 4.34. The first kappa shape index (κ1) is 37.1. The van der Waals surface area contributed by atoms with E-state index in [0.717, 1.165) is 89.5 Å². The molecule has 11 aromatic rings. The predicted molar refractivity (Wildman–Crippen MR) is 261 cm³/mol. The van der Waals surface area contributed by atoms with Crippen LogP contribution in [0.1, 0.15) is 22.7 Å². The highest BCUT2D eigenvalue weighted by molar-refractivity contribution is 6.09.